The summed E-state index contributed by atoms with van der Waals surface area (Å²) in [4.78, 5) is 32.8. The fourth-order valence-corrected chi connectivity index (χ4v) is 2.52. The minimum absolute atomic E-state index is 0.0322. The molecule has 2 heterocycles. The molecule has 0 atom stereocenters. The standard InChI is InChI=1S/C16H19N3O2/c1-10-14(12(3)20)11(2)18-15(10)16(21)19(4)9-13-6-5-7-17-8-13/h5-8,18H,9H2,1-4H3. The zero-order valence-electron chi connectivity index (χ0n) is 12.7. The molecule has 1 amide bonds. The maximum absolute atomic E-state index is 12.5. The molecule has 2 aromatic rings. The van der Waals surface area contributed by atoms with E-state index in [2.05, 4.69) is 9.97 Å². The number of nitrogens with zero attached hydrogens (tertiary/aromatic N) is 2. The minimum Gasteiger partial charge on any atom is -0.354 e. The van der Waals surface area contributed by atoms with Crippen molar-refractivity contribution in [2.75, 3.05) is 7.05 Å². The summed E-state index contributed by atoms with van der Waals surface area (Å²) in [6, 6.07) is 3.76. The Morgan fingerprint density at radius 3 is 2.57 bits per heavy atom. The van der Waals surface area contributed by atoms with Crippen LogP contribution in [0.4, 0.5) is 0 Å². The van der Waals surface area contributed by atoms with E-state index in [1.807, 2.05) is 19.1 Å². The molecule has 2 aromatic heterocycles. The van der Waals surface area contributed by atoms with Crippen LogP contribution in [0.15, 0.2) is 24.5 Å². The summed E-state index contributed by atoms with van der Waals surface area (Å²) in [6.45, 7) is 5.59. The van der Waals surface area contributed by atoms with E-state index in [9.17, 15) is 9.59 Å². The molecule has 0 unspecified atom stereocenters. The Hall–Kier alpha value is -2.43. The van der Waals surface area contributed by atoms with E-state index in [1.165, 1.54) is 6.92 Å². The molecule has 0 bridgehead atoms. The second-order valence-corrected chi connectivity index (χ2v) is 5.20. The average Bonchev–Trinajstić information content (AvgIpc) is 2.74. The topological polar surface area (TPSA) is 66.1 Å². The van der Waals surface area contributed by atoms with Gasteiger partial charge in [-0.15, -0.1) is 0 Å². The molecule has 2 rings (SSSR count). The summed E-state index contributed by atoms with van der Waals surface area (Å²) >= 11 is 0. The number of pyridine rings is 1. The number of aryl methyl sites for hydroxylation is 1. The number of carbonyl (C=O) groups is 2. The molecule has 5 heteroatoms. The first-order valence-corrected chi connectivity index (χ1v) is 6.76. The highest BCUT2D eigenvalue weighted by molar-refractivity contribution is 6.02. The molecule has 0 spiro atoms. The van der Waals surface area contributed by atoms with E-state index in [4.69, 9.17) is 0 Å². The summed E-state index contributed by atoms with van der Waals surface area (Å²) in [5.74, 6) is -0.165. The lowest BCUT2D eigenvalue weighted by Gasteiger charge is -2.16. The van der Waals surface area contributed by atoms with Crippen LogP contribution < -0.4 is 0 Å². The number of ketones is 1. The number of aromatic amines is 1. The molecule has 0 saturated heterocycles. The van der Waals surface area contributed by atoms with Crippen LogP contribution in [0, 0.1) is 13.8 Å². The van der Waals surface area contributed by atoms with Gasteiger partial charge in [0.05, 0.1) is 0 Å². The van der Waals surface area contributed by atoms with Crippen LogP contribution in [0.5, 0.6) is 0 Å². The molecule has 1 N–H and O–H groups in total. The highest BCUT2D eigenvalue weighted by atomic mass is 16.2. The van der Waals surface area contributed by atoms with Crippen molar-refractivity contribution in [3.05, 3.63) is 52.6 Å². The molecule has 0 fully saturated rings. The summed E-state index contributed by atoms with van der Waals surface area (Å²) in [5, 5.41) is 0. The lowest BCUT2D eigenvalue weighted by Crippen LogP contribution is -2.27. The second kappa shape index (κ2) is 5.91. The molecule has 0 aromatic carbocycles. The van der Waals surface area contributed by atoms with Crippen LogP contribution in [0.2, 0.25) is 0 Å². The van der Waals surface area contributed by atoms with Gasteiger partial charge in [0.1, 0.15) is 5.69 Å². The monoisotopic (exact) mass is 285 g/mol. The second-order valence-electron chi connectivity index (χ2n) is 5.20. The van der Waals surface area contributed by atoms with Gasteiger partial charge in [-0.1, -0.05) is 6.07 Å². The third-order valence-corrected chi connectivity index (χ3v) is 3.49. The van der Waals surface area contributed by atoms with E-state index < -0.39 is 0 Å². The van der Waals surface area contributed by atoms with Gasteiger partial charge < -0.3 is 9.88 Å². The van der Waals surface area contributed by atoms with Crippen LogP contribution in [0.1, 0.15) is 44.6 Å². The molecule has 5 nitrogen and oxygen atoms in total. The summed E-state index contributed by atoms with van der Waals surface area (Å²) in [6.07, 6.45) is 3.43. The predicted octanol–water partition coefficient (Wildman–Crippen LogP) is 2.50. The quantitative estimate of drug-likeness (QED) is 0.878. The lowest BCUT2D eigenvalue weighted by molar-refractivity contribution is 0.0779. The van der Waals surface area contributed by atoms with Gasteiger partial charge in [0.2, 0.25) is 0 Å². The SMILES string of the molecule is CC(=O)c1c(C)[nH]c(C(=O)N(C)Cc2cccnc2)c1C. The zero-order chi connectivity index (χ0) is 15.6. The van der Waals surface area contributed by atoms with Gasteiger partial charge in [-0.2, -0.15) is 0 Å². The number of H-pyrrole nitrogens is 1. The fraction of sp³-hybridized carbons (Fsp3) is 0.312. The van der Waals surface area contributed by atoms with Crippen molar-refractivity contribution in [3.8, 4) is 0 Å². The number of carbonyl (C=O) groups excluding carboxylic acids is 2. The van der Waals surface area contributed by atoms with Crippen molar-refractivity contribution in [1.29, 1.82) is 0 Å². The number of aromatic nitrogens is 2. The van der Waals surface area contributed by atoms with Crippen LogP contribution >= 0.6 is 0 Å². The first kappa shape index (κ1) is 15.0. The highest BCUT2D eigenvalue weighted by Crippen LogP contribution is 2.20. The van der Waals surface area contributed by atoms with Gasteiger partial charge in [-0.25, -0.2) is 0 Å². The van der Waals surface area contributed by atoms with Crippen molar-refractivity contribution in [2.24, 2.45) is 0 Å². The van der Waals surface area contributed by atoms with Gasteiger partial charge in [-0.05, 0) is 38.0 Å². The summed E-state index contributed by atoms with van der Waals surface area (Å²) in [5.41, 5.74) is 3.49. The highest BCUT2D eigenvalue weighted by Gasteiger charge is 2.22. The normalized spacial score (nSPS) is 10.5. The molecular weight excluding hydrogens is 266 g/mol. The first-order valence-electron chi connectivity index (χ1n) is 6.76. The molecule has 0 aliphatic carbocycles. The van der Waals surface area contributed by atoms with Crippen molar-refractivity contribution < 1.29 is 9.59 Å². The van der Waals surface area contributed by atoms with Crippen LogP contribution in [0.25, 0.3) is 0 Å². The van der Waals surface area contributed by atoms with Crippen molar-refractivity contribution in [1.82, 2.24) is 14.9 Å². The predicted molar refractivity (Wildman–Crippen MR) is 80.3 cm³/mol. The van der Waals surface area contributed by atoms with E-state index in [0.717, 1.165) is 11.3 Å². The Morgan fingerprint density at radius 1 is 1.33 bits per heavy atom. The van der Waals surface area contributed by atoms with Gasteiger partial charge in [0.25, 0.3) is 5.91 Å². The number of nitrogens with one attached hydrogen (secondary N) is 1. The number of amides is 1. The fourth-order valence-electron chi connectivity index (χ4n) is 2.52. The van der Waals surface area contributed by atoms with Crippen molar-refractivity contribution in [2.45, 2.75) is 27.3 Å². The van der Waals surface area contributed by atoms with Crippen LogP contribution in [0.3, 0.4) is 0 Å². The maximum atomic E-state index is 12.5. The van der Waals surface area contributed by atoms with Crippen LogP contribution in [-0.4, -0.2) is 33.6 Å². The van der Waals surface area contributed by atoms with Gasteiger partial charge in [0.15, 0.2) is 5.78 Å². The van der Waals surface area contributed by atoms with E-state index in [0.29, 0.717) is 23.4 Å². The van der Waals surface area contributed by atoms with Crippen LogP contribution in [-0.2, 0) is 6.54 Å². The number of rotatable bonds is 4. The Balaban J connectivity index is 2.24. The van der Waals surface area contributed by atoms with Crippen molar-refractivity contribution >= 4 is 11.7 Å². The van der Waals surface area contributed by atoms with E-state index in [1.54, 1.807) is 31.3 Å². The molecule has 0 aliphatic rings. The Labute approximate surface area is 124 Å². The molecule has 0 radical (unpaired) electrons. The van der Waals surface area contributed by atoms with Gasteiger partial charge >= 0.3 is 0 Å². The lowest BCUT2D eigenvalue weighted by atomic mass is 10.1. The largest absolute Gasteiger partial charge is 0.354 e. The average molecular weight is 285 g/mol. The third kappa shape index (κ3) is 3.02. The molecule has 21 heavy (non-hydrogen) atoms. The molecule has 110 valence electrons. The van der Waals surface area contributed by atoms with E-state index in [-0.39, 0.29) is 11.7 Å². The van der Waals surface area contributed by atoms with E-state index >= 15 is 0 Å². The Kier molecular flexibility index (Phi) is 4.21. The zero-order valence-corrected chi connectivity index (χ0v) is 12.7. The summed E-state index contributed by atoms with van der Waals surface area (Å²) in [7, 11) is 1.73. The van der Waals surface area contributed by atoms with Gasteiger partial charge in [0, 0.05) is 37.2 Å². The summed E-state index contributed by atoms with van der Waals surface area (Å²) < 4.78 is 0. The Morgan fingerprint density at radius 2 is 2.05 bits per heavy atom. The smallest absolute Gasteiger partial charge is 0.270 e. The molecule has 0 saturated carbocycles. The number of Topliss-reactive ketones (excluding diaryl/α,β-unsaturated/α-hetero) is 1. The first-order chi connectivity index (χ1) is 9.91. The molecular formula is C16H19N3O2. The number of hydrogen-bond donors (Lipinski definition) is 1. The molecule has 0 aliphatic heterocycles. The maximum Gasteiger partial charge on any atom is 0.270 e. The minimum atomic E-state index is -0.132. The van der Waals surface area contributed by atoms with Crippen molar-refractivity contribution in [3.63, 3.8) is 0 Å². The van der Waals surface area contributed by atoms with Gasteiger partial charge in [-0.3, -0.25) is 14.6 Å². The number of hydrogen-bond acceptors (Lipinski definition) is 3. The Bertz CT molecular complexity index is 674. The third-order valence-electron chi connectivity index (χ3n) is 3.49.